The van der Waals surface area contributed by atoms with Gasteiger partial charge in [0.25, 0.3) is 0 Å². The second-order valence-electron chi connectivity index (χ2n) is 6.13. The zero-order valence-corrected chi connectivity index (χ0v) is 20.3. The number of aryl methyl sites for hydroxylation is 3. The first kappa shape index (κ1) is 19.9. The molecule has 1 aromatic heterocycles. The fourth-order valence-electron chi connectivity index (χ4n) is 2.25. The van der Waals surface area contributed by atoms with Crippen molar-refractivity contribution in [1.82, 2.24) is 10.5 Å². The number of hydrogen-bond donors (Lipinski definition) is 0. The molecule has 23 heavy (non-hydrogen) atoms. The van der Waals surface area contributed by atoms with Gasteiger partial charge in [-0.15, -0.1) is 0 Å². The molecular weight excluding hydrogens is 695 g/mol. The van der Waals surface area contributed by atoms with Gasteiger partial charge in [0.05, 0.1) is 0 Å². The van der Waals surface area contributed by atoms with Crippen molar-refractivity contribution in [3.8, 4) is 0 Å². The van der Waals surface area contributed by atoms with Crippen LogP contribution in [0.3, 0.4) is 0 Å². The van der Waals surface area contributed by atoms with Crippen molar-refractivity contribution in [2.45, 2.75) is 39.8 Å². The van der Waals surface area contributed by atoms with E-state index in [1.54, 1.807) is 0 Å². The molecule has 0 amide bonds. The Labute approximate surface area is 177 Å². The summed E-state index contributed by atoms with van der Waals surface area (Å²) in [6.45, 7) is 6.52. The molecule has 1 aliphatic carbocycles. The quantitative estimate of drug-likeness (QED) is 0.317. The summed E-state index contributed by atoms with van der Waals surface area (Å²) in [5.41, 5.74) is 4.12. The molecule has 130 valence electrons. The summed E-state index contributed by atoms with van der Waals surface area (Å²) in [5.74, 6) is 0.969. The van der Waals surface area contributed by atoms with Gasteiger partial charge in [0, 0.05) is 52.3 Å². The van der Waals surface area contributed by atoms with Crippen molar-refractivity contribution in [1.29, 1.82) is 0 Å². The van der Waals surface area contributed by atoms with Gasteiger partial charge in [-0.3, -0.25) is 0 Å². The molecule has 0 N–H and O–H groups in total. The van der Waals surface area contributed by atoms with Crippen molar-refractivity contribution >= 4 is 45.7 Å². The van der Waals surface area contributed by atoms with E-state index >= 15 is 0 Å². The number of benzene rings is 1. The summed E-state index contributed by atoms with van der Waals surface area (Å²) in [7, 11) is 2.09. The maximum atomic E-state index is 2.37. The van der Waals surface area contributed by atoms with E-state index in [1.807, 2.05) is 0 Å². The van der Waals surface area contributed by atoms with Crippen molar-refractivity contribution in [2.24, 2.45) is 13.0 Å². The molecule has 0 spiro atoms. The van der Waals surface area contributed by atoms with E-state index in [-0.39, 0.29) is 0 Å². The summed E-state index contributed by atoms with van der Waals surface area (Å²) < 4.78 is 7.94. The molecule has 1 saturated carbocycles. The van der Waals surface area contributed by atoms with Gasteiger partial charge in [0.15, 0.2) is 0 Å². The zero-order valence-electron chi connectivity index (χ0n) is 13.7. The SMILES string of the molecule is Cc1ccc(CN(I)I)cc1C.Cn1ccn(CC2CC2)[c]1=[Pt]. The van der Waals surface area contributed by atoms with Crippen LogP contribution in [-0.4, -0.2) is 10.5 Å². The molecule has 6 heteroatoms. The van der Waals surface area contributed by atoms with Crippen LogP contribution in [0.4, 0.5) is 0 Å². The molecule has 1 aliphatic rings. The van der Waals surface area contributed by atoms with Crippen molar-refractivity contribution in [3.05, 3.63) is 51.1 Å². The van der Waals surface area contributed by atoms with Crippen LogP contribution in [0.2, 0.25) is 0 Å². The van der Waals surface area contributed by atoms with E-state index in [1.165, 1.54) is 39.9 Å². The summed E-state index contributed by atoms with van der Waals surface area (Å²) in [4.78, 5) is 0. The molecule has 3 rings (SSSR count). The van der Waals surface area contributed by atoms with E-state index in [9.17, 15) is 0 Å². The minimum absolute atomic E-state index is 0.969. The van der Waals surface area contributed by atoms with Crippen molar-refractivity contribution in [2.75, 3.05) is 0 Å². The maximum absolute atomic E-state index is 2.37. The molecule has 1 aromatic carbocycles. The Balaban J connectivity index is 0.000000167. The molecule has 1 fully saturated rings. The summed E-state index contributed by atoms with van der Waals surface area (Å²) in [5, 5.41) is 0. The van der Waals surface area contributed by atoms with Crippen LogP contribution >= 0.6 is 45.7 Å². The summed E-state index contributed by atoms with van der Waals surface area (Å²) >= 11 is 6.94. The van der Waals surface area contributed by atoms with Crippen molar-refractivity contribution in [3.63, 3.8) is 0 Å². The van der Waals surface area contributed by atoms with Gasteiger partial charge in [-0.25, -0.2) is 0 Å². The summed E-state index contributed by atoms with van der Waals surface area (Å²) in [6, 6.07) is 6.62. The van der Waals surface area contributed by atoms with Gasteiger partial charge in [0.1, 0.15) is 0 Å². The molecule has 0 saturated heterocycles. The number of nitrogens with zero attached hydrogens (tertiary/aromatic N) is 3. The van der Waals surface area contributed by atoms with E-state index < -0.39 is 0 Å². The monoisotopic (exact) mass is 718 g/mol. The normalized spacial score (nSPS) is 13.9. The third-order valence-corrected chi connectivity index (χ3v) is 6.12. The van der Waals surface area contributed by atoms with E-state index in [0.717, 1.165) is 12.5 Å². The van der Waals surface area contributed by atoms with Crippen molar-refractivity contribution < 1.29 is 19.4 Å². The molecule has 0 aliphatic heterocycles. The van der Waals surface area contributed by atoms with Crippen LogP contribution in [0.1, 0.15) is 29.5 Å². The first-order valence-corrected chi connectivity index (χ1v) is 10.8. The molecule has 0 bridgehead atoms. The van der Waals surface area contributed by atoms with Gasteiger partial charge in [-0.2, -0.15) is 1.33 Å². The molecule has 0 unspecified atom stereocenters. The third kappa shape index (κ3) is 6.75. The third-order valence-electron chi connectivity index (χ3n) is 3.98. The van der Waals surface area contributed by atoms with Gasteiger partial charge < -0.3 is 0 Å². The van der Waals surface area contributed by atoms with Crippen LogP contribution in [0.5, 0.6) is 0 Å². The second-order valence-corrected chi connectivity index (χ2v) is 11.3. The van der Waals surface area contributed by atoms with Crippen LogP contribution < -0.4 is 0 Å². The first-order chi connectivity index (χ1) is 10.9. The van der Waals surface area contributed by atoms with Gasteiger partial charge in [-0.05, 0) is 30.5 Å². The molecule has 3 nitrogen and oxygen atoms in total. The fourth-order valence-corrected chi connectivity index (χ4v) is 3.58. The summed E-state index contributed by atoms with van der Waals surface area (Å²) in [6.07, 6.45) is 7.14. The fraction of sp³-hybridized carbons (Fsp3) is 0.471. The predicted octanol–water partition coefficient (Wildman–Crippen LogP) is 5.12. The first-order valence-electron chi connectivity index (χ1n) is 7.69. The zero-order chi connectivity index (χ0) is 17.0. The van der Waals surface area contributed by atoms with Crippen LogP contribution in [0.15, 0.2) is 30.6 Å². The topological polar surface area (TPSA) is 13.1 Å². The second kappa shape index (κ2) is 9.30. The Morgan fingerprint density at radius 3 is 2.35 bits per heavy atom. The number of aromatic nitrogens is 2. The van der Waals surface area contributed by atoms with E-state index in [0.29, 0.717) is 0 Å². The molecule has 0 atom stereocenters. The van der Waals surface area contributed by atoms with Gasteiger partial charge in [-0.1, -0.05) is 18.2 Å². The number of halogens is 2. The molecular formula is C17H23I2N3Pt. The number of rotatable bonds is 4. The Bertz CT molecular complexity index is 702. The molecule has 0 radical (unpaired) electrons. The van der Waals surface area contributed by atoms with E-state index in [4.69, 9.17) is 0 Å². The Morgan fingerprint density at radius 2 is 1.87 bits per heavy atom. The number of hydrogen-bond acceptors (Lipinski definition) is 1. The van der Waals surface area contributed by atoms with Crippen LogP contribution in [0.25, 0.3) is 0 Å². The Kier molecular flexibility index (Phi) is 8.03. The van der Waals surface area contributed by atoms with Crippen LogP contribution in [-0.2, 0) is 39.5 Å². The molecule has 1 heterocycles. The Hall–Kier alpha value is 0.538. The molecule has 2 aromatic rings. The average Bonchev–Trinajstić information content (AvgIpc) is 3.25. The van der Waals surface area contributed by atoms with Gasteiger partial charge >= 0.3 is 77.0 Å². The average molecular weight is 718 g/mol. The number of imidazole rings is 1. The van der Waals surface area contributed by atoms with Gasteiger partial charge in [0.2, 0.25) is 0 Å². The Morgan fingerprint density at radius 1 is 1.17 bits per heavy atom. The standard InChI is InChI=1S/C9H11I2N.C8H12N2.Pt/c1-7-3-4-9(5-8(7)2)6-12(10)11;1-9-4-5-10(7-9)6-8-2-3-8;/h3-5H,6H2,1-2H3;4-5,8H,2-3,6H2,1H3;. The minimum atomic E-state index is 0.969. The van der Waals surface area contributed by atoms with Crippen LogP contribution in [0, 0.1) is 23.6 Å². The predicted molar refractivity (Wildman–Crippen MR) is 109 cm³/mol. The van der Waals surface area contributed by atoms with E-state index in [2.05, 4.69) is 127 Å².